The van der Waals surface area contributed by atoms with E-state index in [-0.39, 0.29) is 28.7 Å². The molecule has 1 saturated heterocycles. The fraction of sp³-hybridized carbons (Fsp3) is 0.316. The summed E-state index contributed by atoms with van der Waals surface area (Å²) < 4.78 is 29.7. The Morgan fingerprint density at radius 1 is 1.28 bits per heavy atom. The van der Waals surface area contributed by atoms with Crippen molar-refractivity contribution in [2.45, 2.75) is 30.4 Å². The van der Waals surface area contributed by atoms with Gasteiger partial charge < -0.3 is 10.3 Å². The van der Waals surface area contributed by atoms with Crippen LogP contribution in [0.5, 0.6) is 0 Å². The summed E-state index contributed by atoms with van der Waals surface area (Å²) in [5, 5.41) is 1.29. The number of nitrogens with two attached hydrogens (primary N) is 1. The number of halogens is 1. The third-order valence-corrected chi connectivity index (χ3v) is 7.51. The minimum absolute atomic E-state index is 0.0518. The molecule has 4 rings (SSSR count). The summed E-state index contributed by atoms with van der Waals surface area (Å²) in [6, 6.07) is 4.90. The van der Waals surface area contributed by atoms with Gasteiger partial charge in [-0.2, -0.15) is 4.31 Å². The largest absolute Gasteiger partial charge is 0.337 e. The maximum absolute atomic E-state index is 13.4. The number of nitrogens with zero attached hydrogens (tertiary/aromatic N) is 4. The maximum atomic E-state index is 13.4. The average molecular weight is 434 g/mol. The van der Waals surface area contributed by atoms with E-state index in [4.69, 9.17) is 17.3 Å². The van der Waals surface area contributed by atoms with E-state index in [0.717, 1.165) is 0 Å². The maximum Gasteiger partial charge on any atom is 0.245 e. The fourth-order valence-corrected chi connectivity index (χ4v) is 5.89. The van der Waals surface area contributed by atoms with E-state index in [1.54, 1.807) is 41.6 Å². The Bertz CT molecular complexity index is 1140. The molecular formula is C19H20ClN5O3S. The van der Waals surface area contributed by atoms with E-state index in [1.807, 2.05) is 0 Å². The first-order chi connectivity index (χ1) is 13.9. The van der Waals surface area contributed by atoms with Gasteiger partial charge >= 0.3 is 0 Å². The zero-order valence-electron chi connectivity index (χ0n) is 15.5. The highest BCUT2D eigenvalue weighted by Crippen LogP contribution is 2.34. The summed E-state index contributed by atoms with van der Waals surface area (Å²) >= 11 is 6.24. The third kappa shape index (κ3) is 3.66. The number of aromatic nitrogens is 3. The van der Waals surface area contributed by atoms with Gasteiger partial charge in [-0.1, -0.05) is 23.7 Å². The molecule has 0 saturated carbocycles. The SMILES string of the molecule is N[C@H]1C(C(=O)CCn2ccnc2)CCN1S(=O)(=O)c1cccc2cncc(Cl)c12. The van der Waals surface area contributed by atoms with Gasteiger partial charge in [0.15, 0.2) is 0 Å². The fourth-order valence-electron chi connectivity index (χ4n) is 3.76. The number of hydrogen-bond acceptors (Lipinski definition) is 6. The first-order valence-corrected chi connectivity index (χ1v) is 11.0. The van der Waals surface area contributed by atoms with E-state index in [2.05, 4.69) is 9.97 Å². The van der Waals surface area contributed by atoms with Crippen LogP contribution in [0.25, 0.3) is 10.8 Å². The van der Waals surface area contributed by atoms with Gasteiger partial charge in [0.2, 0.25) is 10.0 Å². The van der Waals surface area contributed by atoms with Gasteiger partial charge in [-0.05, 0) is 12.5 Å². The molecule has 29 heavy (non-hydrogen) atoms. The van der Waals surface area contributed by atoms with Crippen LogP contribution < -0.4 is 5.73 Å². The van der Waals surface area contributed by atoms with Gasteiger partial charge in [-0.3, -0.25) is 9.78 Å². The first kappa shape index (κ1) is 20.0. The Hall–Kier alpha value is -2.33. The quantitative estimate of drug-likeness (QED) is 0.636. The van der Waals surface area contributed by atoms with Crippen molar-refractivity contribution in [2.75, 3.05) is 6.54 Å². The molecule has 1 fully saturated rings. The molecule has 10 heteroatoms. The van der Waals surface area contributed by atoms with E-state index in [1.165, 1.54) is 16.6 Å². The summed E-state index contributed by atoms with van der Waals surface area (Å²) in [6.07, 6.45) is 7.78. The molecule has 1 aromatic carbocycles. The van der Waals surface area contributed by atoms with Crippen molar-refractivity contribution in [1.29, 1.82) is 0 Å². The van der Waals surface area contributed by atoms with E-state index < -0.39 is 22.1 Å². The molecule has 2 aromatic heterocycles. The lowest BCUT2D eigenvalue weighted by atomic mass is 9.98. The smallest absolute Gasteiger partial charge is 0.245 e. The number of rotatable bonds is 6. The van der Waals surface area contributed by atoms with Crippen LogP contribution in [0.3, 0.4) is 0 Å². The van der Waals surface area contributed by atoms with Gasteiger partial charge in [0.25, 0.3) is 0 Å². The molecule has 0 amide bonds. The Labute approximate surface area is 173 Å². The van der Waals surface area contributed by atoms with Crippen molar-refractivity contribution >= 4 is 38.2 Å². The number of Topliss-reactive ketones (excluding diaryl/α,β-unsaturated/α-hetero) is 1. The minimum atomic E-state index is -3.93. The van der Waals surface area contributed by atoms with Crippen LogP contribution >= 0.6 is 11.6 Å². The second-order valence-corrected chi connectivity index (χ2v) is 9.26. The monoisotopic (exact) mass is 433 g/mol. The Morgan fingerprint density at radius 2 is 2.10 bits per heavy atom. The van der Waals surface area contributed by atoms with Crippen molar-refractivity contribution in [2.24, 2.45) is 11.7 Å². The highest BCUT2D eigenvalue weighted by molar-refractivity contribution is 7.89. The second kappa shape index (κ2) is 7.83. The number of carbonyl (C=O) groups excluding carboxylic acids is 1. The molecular weight excluding hydrogens is 414 g/mol. The summed E-state index contributed by atoms with van der Waals surface area (Å²) in [5.41, 5.74) is 6.24. The summed E-state index contributed by atoms with van der Waals surface area (Å²) in [6.45, 7) is 0.671. The summed E-state index contributed by atoms with van der Waals surface area (Å²) in [4.78, 5) is 20.7. The molecule has 3 heterocycles. The topological polar surface area (TPSA) is 111 Å². The number of carbonyl (C=O) groups is 1. The Balaban J connectivity index is 1.58. The molecule has 3 aromatic rings. The van der Waals surface area contributed by atoms with Crippen molar-refractivity contribution in [1.82, 2.24) is 18.8 Å². The third-order valence-electron chi connectivity index (χ3n) is 5.28. The minimum Gasteiger partial charge on any atom is -0.337 e. The van der Waals surface area contributed by atoms with Crippen LogP contribution in [0.1, 0.15) is 12.8 Å². The lowest BCUT2D eigenvalue weighted by Crippen LogP contribution is -2.45. The van der Waals surface area contributed by atoms with Crippen LogP contribution in [0.4, 0.5) is 0 Å². The van der Waals surface area contributed by atoms with Crippen molar-refractivity contribution < 1.29 is 13.2 Å². The number of aryl methyl sites for hydroxylation is 1. The van der Waals surface area contributed by atoms with E-state index >= 15 is 0 Å². The van der Waals surface area contributed by atoms with Crippen molar-refractivity contribution in [3.63, 3.8) is 0 Å². The number of benzene rings is 1. The van der Waals surface area contributed by atoms with Crippen LogP contribution in [-0.4, -0.2) is 45.8 Å². The van der Waals surface area contributed by atoms with Crippen LogP contribution in [0, 0.1) is 5.92 Å². The molecule has 2 atom stereocenters. The molecule has 8 nitrogen and oxygen atoms in total. The molecule has 0 radical (unpaired) electrons. The van der Waals surface area contributed by atoms with Crippen LogP contribution in [0.15, 0.2) is 54.2 Å². The molecule has 0 aliphatic carbocycles. The molecule has 1 aliphatic rings. The van der Waals surface area contributed by atoms with Crippen molar-refractivity contribution in [3.8, 4) is 0 Å². The zero-order valence-corrected chi connectivity index (χ0v) is 17.1. The van der Waals surface area contributed by atoms with Crippen LogP contribution in [-0.2, 0) is 21.4 Å². The van der Waals surface area contributed by atoms with Gasteiger partial charge in [0, 0.05) is 61.0 Å². The number of sulfonamides is 1. The lowest BCUT2D eigenvalue weighted by molar-refractivity contribution is -0.123. The molecule has 0 bridgehead atoms. The summed E-state index contributed by atoms with van der Waals surface area (Å²) in [5.74, 6) is -0.593. The predicted octanol–water partition coefficient (Wildman–Crippen LogP) is 2.04. The standard InChI is InChI=1S/C19H20ClN5O3S/c20-15-11-23-10-13-2-1-3-17(18(13)15)29(27,28)25-8-4-14(19(25)21)16(26)5-7-24-9-6-22-12-24/h1-3,6,9-12,14,19H,4-5,7-8,21H2/t14?,19-/m1/s1. The lowest BCUT2D eigenvalue weighted by Gasteiger charge is -2.24. The average Bonchev–Trinajstić information content (AvgIpc) is 3.36. The van der Waals surface area contributed by atoms with Gasteiger partial charge in [-0.15, -0.1) is 0 Å². The Morgan fingerprint density at radius 3 is 2.86 bits per heavy atom. The number of pyridine rings is 1. The van der Waals surface area contributed by atoms with Gasteiger partial charge in [0.05, 0.1) is 22.4 Å². The number of ketones is 1. The molecule has 0 spiro atoms. The number of fused-ring (bicyclic) bond motifs is 1. The zero-order chi connectivity index (χ0) is 20.6. The first-order valence-electron chi connectivity index (χ1n) is 9.17. The second-order valence-electron chi connectivity index (χ2n) is 6.99. The molecule has 1 unspecified atom stereocenters. The highest BCUT2D eigenvalue weighted by Gasteiger charge is 2.42. The Kier molecular flexibility index (Phi) is 5.39. The van der Waals surface area contributed by atoms with E-state index in [9.17, 15) is 13.2 Å². The highest BCUT2D eigenvalue weighted by atomic mass is 35.5. The molecule has 152 valence electrons. The van der Waals surface area contributed by atoms with Gasteiger partial charge in [-0.25, -0.2) is 13.4 Å². The van der Waals surface area contributed by atoms with Crippen molar-refractivity contribution in [3.05, 3.63) is 54.3 Å². The summed E-state index contributed by atoms with van der Waals surface area (Å²) in [7, 11) is -3.93. The van der Waals surface area contributed by atoms with Crippen LogP contribution in [0.2, 0.25) is 5.02 Å². The normalized spacial score (nSPS) is 20.3. The molecule has 2 N–H and O–H groups in total. The molecule has 1 aliphatic heterocycles. The van der Waals surface area contributed by atoms with E-state index in [0.29, 0.717) is 23.7 Å². The number of hydrogen-bond donors (Lipinski definition) is 1. The number of imidazole rings is 1. The predicted molar refractivity (Wildman–Crippen MR) is 109 cm³/mol. The van der Waals surface area contributed by atoms with Gasteiger partial charge in [0.1, 0.15) is 5.78 Å².